The van der Waals surface area contributed by atoms with Gasteiger partial charge in [-0.2, -0.15) is 0 Å². The van der Waals surface area contributed by atoms with Gasteiger partial charge in [0.2, 0.25) is 0 Å². The van der Waals surface area contributed by atoms with Crippen molar-refractivity contribution in [1.29, 1.82) is 0 Å². The minimum Gasteiger partial charge on any atom is -0.508 e. The zero-order valence-corrected chi connectivity index (χ0v) is 16.0. The van der Waals surface area contributed by atoms with E-state index in [-0.39, 0.29) is 12.0 Å². The summed E-state index contributed by atoms with van der Waals surface area (Å²) in [5.74, 6) is 0.302. The van der Waals surface area contributed by atoms with Crippen LogP contribution < -0.4 is 0 Å². The van der Waals surface area contributed by atoms with E-state index in [0.717, 1.165) is 50.8 Å². The molecular weight excluding hydrogens is 346 g/mol. The largest absolute Gasteiger partial charge is 0.508 e. The number of rotatable bonds is 7. The Morgan fingerprint density at radius 1 is 1.04 bits per heavy atom. The van der Waals surface area contributed by atoms with Crippen molar-refractivity contribution in [2.75, 3.05) is 19.7 Å². The van der Waals surface area contributed by atoms with Crippen LogP contribution >= 0.6 is 11.6 Å². The molecule has 2 N–H and O–H groups in total. The topological polar surface area (TPSA) is 43.7 Å². The predicted molar refractivity (Wildman–Crippen MR) is 107 cm³/mol. The van der Waals surface area contributed by atoms with Gasteiger partial charge < -0.3 is 10.2 Å². The molecule has 1 aliphatic heterocycles. The molecule has 0 bridgehead atoms. The van der Waals surface area contributed by atoms with E-state index in [1.165, 1.54) is 5.56 Å². The van der Waals surface area contributed by atoms with Crippen LogP contribution in [0.2, 0.25) is 5.02 Å². The third-order valence-corrected chi connectivity index (χ3v) is 5.94. The summed E-state index contributed by atoms with van der Waals surface area (Å²) in [6.07, 6.45) is 5.25. The number of nitrogens with zero attached hydrogens (tertiary/aromatic N) is 1. The van der Waals surface area contributed by atoms with Crippen LogP contribution in [0.3, 0.4) is 0 Å². The average Bonchev–Trinajstić information content (AvgIpc) is 2.67. The third-order valence-electron chi connectivity index (χ3n) is 5.70. The molecule has 140 valence electrons. The van der Waals surface area contributed by atoms with Crippen molar-refractivity contribution in [2.24, 2.45) is 5.41 Å². The number of aromatic hydroxyl groups is 1. The number of benzene rings is 2. The number of likely N-dealkylation sites (tertiary alicyclic amines) is 1. The summed E-state index contributed by atoms with van der Waals surface area (Å²) in [6, 6.07) is 15.8. The smallest absolute Gasteiger partial charge is 0.120 e. The molecule has 3 rings (SSSR count). The SMILES string of the molecule is OCC1(CCCc2ccccc2)CCN(Cc2cc(Cl)ccc2O)CC1. The molecule has 0 saturated carbocycles. The highest BCUT2D eigenvalue weighted by molar-refractivity contribution is 6.30. The number of aliphatic hydroxyl groups is 1. The zero-order valence-electron chi connectivity index (χ0n) is 15.2. The first-order valence-electron chi connectivity index (χ1n) is 9.45. The summed E-state index contributed by atoms with van der Waals surface area (Å²) in [5, 5.41) is 20.7. The van der Waals surface area contributed by atoms with E-state index in [1.54, 1.807) is 12.1 Å². The number of phenolic OH excluding ortho intramolecular Hbond substituents is 1. The molecule has 4 heteroatoms. The Kier molecular flexibility index (Phi) is 6.58. The van der Waals surface area contributed by atoms with E-state index >= 15 is 0 Å². The van der Waals surface area contributed by atoms with Gasteiger partial charge in [-0.3, -0.25) is 4.90 Å². The van der Waals surface area contributed by atoms with Crippen LogP contribution in [0.5, 0.6) is 5.75 Å². The molecule has 2 aromatic rings. The maximum atomic E-state index is 10.0. The van der Waals surface area contributed by atoms with E-state index < -0.39 is 0 Å². The van der Waals surface area contributed by atoms with Crippen molar-refractivity contribution < 1.29 is 10.2 Å². The highest BCUT2D eigenvalue weighted by Crippen LogP contribution is 2.37. The maximum absolute atomic E-state index is 10.0. The number of aryl methyl sites for hydroxylation is 1. The van der Waals surface area contributed by atoms with Gasteiger partial charge >= 0.3 is 0 Å². The molecule has 1 heterocycles. The van der Waals surface area contributed by atoms with Gasteiger partial charge in [-0.05, 0) is 74.4 Å². The molecule has 0 aromatic heterocycles. The molecule has 0 amide bonds. The second-order valence-corrected chi connectivity index (χ2v) is 7.98. The fourth-order valence-electron chi connectivity index (χ4n) is 3.91. The summed E-state index contributed by atoms with van der Waals surface area (Å²) < 4.78 is 0. The van der Waals surface area contributed by atoms with Crippen LogP contribution in [-0.4, -0.2) is 34.8 Å². The zero-order chi connectivity index (χ0) is 18.4. The van der Waals surface area contributed by atoms with Crippen LogP contribution in [0.25, 0.3) is 0 Å². The predicted octanol–water partition coefficient (Wildman–Crippen LogP) is 4.64. The van der Waals surface area contributed by atoms with Gasteiger partial charge in [-0.1, -0.05) is 41.9 Å². The van der Waals surface area contributed by atoms with Crippen LogP contribution in [-0.2, 0) is 13.0 Å². The van der Waals surface area contributed by atoms with Crippen LogP contribution in [0, 0.1) is 5.41 Å². The van der Waals surface area contributed by atoms with Crippen LogP contribution in [0.4, 0.5) is 0 Å². The molecule has 3 nitrogen and oxygen atoms in total. The van der Waals surface area contributed by atoms with Gasteiger partial charge in [0.25, 0.3) is 0 Å². The number of phenols is 1. The fourth-order valence-corrected chi connectivity index (χ4v) is 4.10. The molecule has 0 atom stereocenters. The molecule has 1 saturated heterocycles. The second-order valence-electron chi connectivity index (χ2n) is 7.55. The molecule has 0 unspecified atom stereocenters. The Labute approximate surface area is 161 Å². The average molecular weight is 374 g/mol. The molecule has 0 aliphatic carbocycles. The quantitative estimate of drug-likeness (QED) is 0.742. The molecule has 1 fully saturated rings. The van der Waals surface area contributed by atoms with Gasteiger partial charge in [0.15, 0.2) is 0 Å². The van der Waals surface area contributed by atoms with E-state index in [0.29, 0.717) is 17.3 Å². The van der Waals surface area contributed by atoms with Crippen molar-refractivity contribution in [3.8, 4) is 5.75 Å². The highest BCUT2D eigenvalue weighted by Gasteiger charge is 2.33. The van der Waals surface area contributed by atoms with Crippen molar-refractivity contribution >= 4 is 11.6 Å². The minimum absolute atomic E-state index is 0.0433. The number of hydrogen-bond acceptors (Lipinski definition) is 3. The van der Waals surface area contributed by atoms with E-state index in [4.69, 9.17) is 11.6 Å². The Bertz CT molecular complexity index is 697. The van der Waals surface area contributed by atoms with Crippen molar-refractivity contribution in [3.05, 3.63) is 64.7 Å². The number of piperidine rings is 1. The summed E-state index contributed by atoms with van der Waals surface area (Å²) in [6.45, 7) is 2.85. The van der Waals surface area contributed by atoms with Gasteiger partial charge in [0.05, 0.1) is 0 Å². The monoisotopic (exact) mass is 373 g/mol. The van der Waals surface area contributed by atoms with E-state index in [2.05, 4.69) is 29.2 Å². The fraction of sp³-hybridized carbons (Fsp3) is 0.455. The first kappa shape index (κ1) is 19.2. The number of hydrogen-bond donors (Lipinski definition) is 2. The minimum atomic E-state index is 0.0433. The first-order chi connectivity index (χ1) is 12.6. The lowest BCUT2D eigenvalue weighted by Gasteiger charge is -2.41. The lowest BCUT2D eigenvalue weighted by Crippen LogP contribution is -2.41. The third kappa shape index (κ3) is 5.00. The lowest BCUT2D eigenvalue weighted by molar-refractivity contribution is 0.0328. The molecule has 0 radical (unpaired) electrons. The maximum Gasteiger partial charge on any atom is 0.120 e. The number of halogens is 1. The molecular formula is C22H28ClNO2. The van der Waals surface area contributed by atoms with E-state index in [9.17, 15) is 10.2 Å². The van der Waals surface area contributed by atoms with Crippen LogP contribution in [0.1, 0.15) is 36.8 Å². The molecule has 1 aliphatic rings. The first-order valence-corrected chi connectivity index (χ1v) is 9.83. The Morgan fingerprint density at radius 3 is 2.46 bits per heavy atom. The highest BCUT2D eigenvalue weighted by atomic mass is 35.5. The van der Waals surface area contributed by atoms with Gasteiger partial charge in [0.1, 0.15) is 5.75 Å². The normalized spacial score (nSPS) is 17.3. The van der Waals surface area contributed by atoms with Gasteiger partial charge in [-0.15, -0.1) is 0 Å². The standard InChI is InChI=1S/C22H28ClNO2/c23-20-8-9-21(26)19(15-20)16-24-13-11-22(17-25,12-14-24)10-4-7-18-5-2-1-3-6-18/h1-3,5-6,8-9,15,25-26H,4,7,10-14,16-17H2. The summed E-state index contributed by atoms with van der Waals surface area (Å²) in [4.78, 5) is 2.34. The number of aliphatic hydroxyl groups excluding tert-OH is 1. The van der Waals surface area contributed by atoms with Crippen LogP contribution in [0.15, 0.2) is 48.5 Å². The second kappa shape index (κ2) is 8.90. The Hall–Kier alpha value is -1.55. The van der Waals surface area contributed by atoms with Crippen molar-refractivity contribution in [1.82, 2.24) is 4.90 Å². The lowest BCUT2D eigenvalue weighted by atomic mass is 9.75. The molecule has 26 heavy (non-hydrogen) atoms. The van der Waals surface area contributed by atoms with E-state index in [1.807, 2.05) is 12.1 Å². The van der Waals surface area contributed by atoms with Gasteiger partial charge in [0, 0.05) is 23.7 Å². The summed E-state index contributed by atoms with van der Waals surface area (Å²) in [7, 11) is 0. The summed E-state index contributed by atoms with van der Waals surface area (Å²) in [5.41, 5.74) is 2.29. The molecule has 2 aromatic carbocycles. The molecule has 0 spiro atoms. The summed E-state index contributed by atoms with van der Waals surface area (Å²) >= 11 is 6.05. The Balaban J connectivity index is 1.51. The Morgan fingerprint density at radius 2 is 1.77 bits per heavy atom. The van der Waals surface area contributed by atoms with Crippen molar-refractivity contribution in [2.45, 2.75) is 38.6 Å². The van der Waals surface area contributed by atoms with Gasteiger partial charge in [-0.25, -0.2) is 0 Å². The van der Waals surface area contributed by atoms with Crippen molar-refractivity contribution in [3.63, 3.8) is 0 Å².